The van der Waals surface area contributed by atoms with Crippen LogP contribution in [0.2, 0.25) is 5.02 Å². The van der Waals surface area contributed by atoms with Crippen molar-refractivity contribution >= 4 is 33.4 Å². The Morgan fingerprint density at radius 2 is 1.53 bits per heavy atom. The van der Waals surface area contributed by atoms with E-state index in [1.165, 1.54) is 33.3 Å². The number of hydrogen-bond acceptors (Lipinski definition) is 4. The van der Waals surface area contributed by atoms with Gasteiger partial charge in [0.25, 0.3) is 11.8 Å². The van der Waals surface area contributed by atoms with Gasteiger partial charge in [-0.15, -0.1) is 0 Å². The predicted molar refractivity (Wildman–Crippen MR) is 117 cm³/mol. The van der Waals surface area contributed by atoms with Crippen molar-refractivity contribution < 1.29 is 22.4 Å². The van der Waals surface area contributed by atoms with Crippen molar-refractivity contribution in [2.45, 2.75) is 17.7 Å². The van der Waals surface area contributed by atoms with Crippen molar-refractivity contribution in [2.75, 3.05) is 39.3 Å². The third-order valence-electron chi connectivity index (χ3n) is 5.92. The van der Waals surface area contributed by atoms with Crippen molar-refractivity contribution in [1.29, 1.82) is 0 Å². The van der Waals surface area contributed by atoms with Crippen molar-refractivity contribution in [2.24, 2.45) is 7.05 Å². The zero-order valence-electron chi connectivity index (χ0n) is 17.6. The third-order valence-corrected chi connectivity index (χ3v) is 8.09. The van der Waals surface area contributed by atoms with Gasteiger partial charge in [0.05, 0.1) is 10.6 Å². The average molecular weight is 483 g/mol. The molecule has 4 rings (SSSR count). The topological polar surface area (TPSA) is 82.9 Å². The first-order chi connectivity index (χ1) is 15.2. The molecule has 3 heterocycles. The number of carbonyl (C=O) groups excluding carboxylic acids is 2. The molecule has 0 radical (unpaired) electrons. The highest BCUT2D eigenvalue weighted by Crippen LogP contribution is 2.24. The molecule has 2 amide bonds. The molecule has 172 valence electrons. The second-order valence-corrected chi connectivity index (χ2v) is 10.3. The van der Waals surface area contributed by atoms with E-state index in [0.29, 0.717) is 39.3 Å². The average Bonchev–Trinajstić information content (AvgIpc) is 3.44. The van der Waals surface area contributed by atoms with Crippen LogP contribution in [0.1, 0.15) is 33.7 Å². The van der Waals surface area contributed by atoms with Crippen molar-refractivity contribution in [3.8, 4) is 0 Å². The van der Waals surface area contributed by atoms with Gasteiger partial charge in [-0.3, -0.25) is 9.59 Å². The van der Waals surface area contributed by atoms with Crippen molar-refractivity contribution in [3.63, 3.8) is 0 Å². The third kappa shape index (κ3) is 4.26. The van der Waals surface area contributed by atoms with Gasteiger partial charge < -0.3 is 14.4 Å². The first kappa shape index (κ1) is 22.8. The van der Waals surface area contributed by atoms with Gasteiger partial charge in [-0.2, -0.15) is 4.31 Å². The number of carbonyl (C=O) groups is 2. The molecule has 0 N–H and O–H groups in total. The van der Waals surface area contributed by atoms with Gasteiger partial charge in [-0.1, -0.05) is 11.6 Å². The smallest absolute Gasteiger partial charge is 0.270 e. The van der Waals surface area contributed by atoms with Crippen LogP contribution in [0.25, 0.3) is 0 Å². The number of aryl methyl sites for hydroxylation is 1. The van der Waals surface area contributed by atoms with E-state index in [1.807, 2.05) is 0 Å². The Morgan fingerprint density at radius 1 is 0.938 bits per heavy atom. The Kier molecular flexibility index (Phi) is 6.28. The maximum atomic E-state index is 13.3. The van der Waals surface area contributed by atoms with Gasteiger partial charge in [0.2, 0.25) is 10.0 Å². The van der Waals surface area contributed by atoms with Gasteiger partial charge in [-0.25, -0.2) is 12.8 Å². The minimum atomic E-state index is -3.61. The summed E-state index contributed by atoms with van der Waals surface area (Å²) in [7, 11) is -1.97. The molecule has 2 aliphatic heterocycles. The number of piperazine rings is 1. The molecule has 11 heteroatoms. The molecule has 0 bridgehead atoms. The normalized spacial score (nSPS) is 17.7. The summed E-state index contributed by atoms with van der Waals surface area (Å²) in [5.74, 6) is -1.13. The van der Waals surface area contributed by atoms with Crippen LogP contribution in [-0.4, -0.2) is 78.2 Å². The molecule has 1 aromatic carbocycles. The second kappa shape index (κ2) is 8.84. The summed E-state index contributed by atoms with van der Waals surface area (Å²) in [6, 6.07) is 5.05. The van der Waals surface area contributed by atoms with E-state index in [1.54, 1.807) is 16.8 Å². The number of amides is 2. The maximum absolute atomic E-state index is 13.3. The van der Waals surface area contributed by atoms with Gasteiger partial charge in [-0.05, 0) is 37.1 Å². The lowest BCUT2D eigenvalue weighted by Gasteiger charge is -2.35. The number of hydrogen-bond donors (Lipinski definition) is 0. The monoisotopic (exact) mass is 482 g/mol. The molecule has 0 spiro atoms. The molecular formula is C21H24ClFN4O4S. The van der Waals surface area contributed by atoms with Crippen molar-refractivity contribution in [1.82, 2.24) is 18.7 Å². The first-order valence-corrected chi connectivity index (χ1v) is 12.2. The van der Waals surface area contributed by atoms with Crippen LogP contribution in [0.4, 0.5) is 4.39 Å². The van der Waals surface area contributed by atoms with Crippen LogP contribution in [-0.2, 0) is 17.1 Å². The zero-order chi connectivity index (χ0) is 23.0. The Labute approximate surface area is 191 Å². The highest BCUT2D eigenvalue weighted by Gasteiger charge is 2.32. The van der Waals surface area contributed by atoms with Crippen LogP contribution >= 0.6 is 11.6 Å². The molecule has 0 aliphatic carbocycles. The second-order valence-electron chi connectivity index (χ2n) is 7.99. The summed E-state index contributed by atoms with van der Waals surface area (Å²) >= 11 is 6.00. The fourth-order valence-corrected chi connectivity index (χ4v) is 5.91. The maximum Gasteiger partial charge on any atom is 0.270 e. The Hall–Kier alpha value is -2.43. The molecule has 8 nitrogen and oxygen atoms in total. The summed E-state index contributed by atoms with van der Waals surface area (Å²) in [6.45, 7) is 2.16. The van der Waals surface area contributed by atoms with E-state index in [0.717, 1.165) is 18.9 Å². The van der Waals surface area contributed by atoms with E-state index in [9.17, 15) is 22.4 Å². The molecule has 2 aliphatic rings. The largest absolute Gasteiger partial charge is 0.345 e. The number of rotatable bonds is 4. The highest BCUT2D eigenvalue weighted by atomic mass is 35.5. The molecule has 0 atom stereocenters. The summed E-state index contributed by atoms with van der Waals surface area (Å²) in [5, 5.41) is 0.0454. The Bertz CT molecular complexity index is 1150. The van der Waals surface area contributed by atoms with Gasteiger partial charge in [0.15, 0.2) is 0 Å². The molecule has 32 heavy (non-hydrogen) atoms. The minimum Gasteiger partial charge on any atom is -0.345 e. The fourth-order valence-electron chi connectivity index (χ4n) is 4.07. The number of aromatic nitrogens is 1. The minimum absolute atomic E-state index is 0.0454. The van der Waals surface area contributed by atoms with Crippen molar-refractivity contribution in [3.05, 3.63) is 52.6 Å². The lowest BCUT2D eigenvalue weighted by Crippen LogP contribution is -2.50. The molecular weight excluding hydrogens is 459 g/mol. The van der Waals surface area contributed by atoms with Crippen LogP contribution < -0.4 is 0 Å². The number of benzene rings is 1. The lowest BCUT2D eigenvalue weighted by atomic mass is 10.1. The summed E-state index contributed by atoms with van der Waals surface area (Å²) in [4.78, 5) is 29.0. The van der Waals surface area contributed by atoms with Crippen LogP contribution in [0.5, 0.6) is 0 Å². The number of sulfonamides is 1. The van der Waals surface area contributed by atoms with Gasteiger partial charge >= 0.3 is 0 Å². The molecule has 2 fully saturated rings. The van der Waals surface area contributed by atoms with Crippen LogP contribution in [0.3, 0.4) is 0 Å². The summed E-state index contributed by atoms with van der Waals surface area (Å²) in [6.07, 6.45) is 3.14. The predicted octanol–water partition coefficient (Wildman–Crippen LogP) is 2.20. The van der Waals surface area contributed by atoms with E-state index in [4.69, 9.17) is 11.6 Å². The summed E-state index contributed by atoms with van der Waals surface area (Å²) < 4.78 is 41.8. The Morgan fingerprint density at radius 3 is 2.12 bits per heavy atom. The van der Waals surface area contributed by atoms with Gasteiger partial charge in [0, 0.05) is 52.5 Å². The quantitative estimate of drug-likeness (QED) is 0.669. The molecule has 1 aromatic heterocycles. The lowest BCUT2D eigenvalue weighted by molar-refractivity contribution is 0.0530. The van der Waals surface area contributed by atoms with Gasteiger partial charge in [0.1, 0.15) is 16.4 Å². The molecule has 0 saturated carbocycles. The van der Waals surface area contributed by atoms with Crippen LogP contribution in [0.15, 0.2) is 35.4 Å². The molecule has 2 saturated heterocycles. The number of halogens is 2. The number of nitrogens with zero attached hydrogens (tertiary/aromatic N) is 4. The van der Waals surface area contributed by atoms with E-state index >= 15 is 0 Å². The van der Waals surface area contributed by atoms with Crippen LogP contribution in [0, 0.1) is 5.82 Å². The molecule has 2 aromatic rings. The first-order valence-electron chi connectivity index (χ1n) is 10.4. The highest BCUT2D eigenvalue weighted by molar-refractivity contribution is 7.89. The van der Waals surface area contributed by atoms with E-state index < -0.39 is 15.8 Å². The fraction of sp³-hybridized carbons (Fsp3) is 0.429. The molecule has 0 unspecified atom stereocenters. The SMILES string of the molecule is Cn1cc(S(=O)(=O)N2CCCC2)cc1C(=O)N1CCN(C(=O)c2ccc(F)cc2Cl)CC1. The standard InChI is InChI=1S/C21H24ClFN4O4S/c1-24-14-16(32(30,31)27-6-2-3-7-27)13-19(24)21(29)26-10-8-25(9-11-26)20(28)17-5-4-15(23)12-18(17)22/h4-5,12-14H,2-3,6-11H2,1H3. The van der Waals surface area contributed by atoms with E-state index in [2.05, 4.69) is 0 Å². The zero-order valence-corrected chi connectivity index (χ0v) is 19.2. The Balaban J connectivity index is 1.44. The van der Waals surface area contributed by atoms with E-state index in [-0.39, 0.29) is 33.0 Å². The summed E-state index contributed by atoms with van der Waals surface area (Å²) in [5.41, 5.74) is 0.496.